The fourth-order valence-electron chi connectivity index (χ4n) is 3.53. The predicted octanol–water partition coefficient (Wildman–Crippen LogP) is 3.30. The number of nitrogens with two attached hydrogens (primary N) is 1. The van der Waals surface area contributed by atoms with E-state index in [-0.39, 0.29) is 5.54 Å². The molecule has 3 nitrogen and oxygen atoms in total. The zero-order chi connectivity index (χ0) is 14.5. The van der Waals surface area contributed by atoms with Gasteiger partial charge in [0, 0.05) is 11.6 Å². The molecule has 1 atom stereocenters. The molecule has 114 valence electrons. The maximum absolute atomic E-state index is 5.93. The lowest BCUT2D eigenvalue weighted by atomic mass is 9.77. The highest BCUT2D eigenvalue weighted by Gasteiger charge is 2.40. The normalized spacial score (nSPS) is 22.3. The minimum Gasteiger partial charge on any atom is -0.302 e. The molecule has 1 aliphatic carbocycles. The van der Waals surface area contributed by atoms with Crippen LogP contribution in [0.2, 0.25) is 0 Å². The van der Waals surface area contributed by atoms with Crippen LogP contribution in [0.5, 0.6) is 0 Å². The molecule has 19 heavy (non-hydrogen) atoms. The van der Waals surface area contributed by atoms with Gasteiger partial charge in [-0.25, -0.2) is 0 Å². The summed E-state index contributed by atoms with van der Waals surface area (Å²) >= 11 is 0. The van der Waals surface area contributed by atoms with Gasteiger partial charge in [-0.15, -0.1) is 0 Å². The van der Waals surface area contributed by atoms with Gasteiger partial charge in [0.2, 0.25) is 0 Å². The van der Waals surface area contributed by atoms with E-state index in [0.29, 0.717) is 11.5 Å². The van der Waals surface area contributed by atoms with Crippen LogP contribution in [0, 0.1) is 5.41 Å². The van der Waals surface area contributed by atoms with Crippen LogP contribution in [0.15, 0.2) is 0 Å². The van der Waals surface area contributed by atoms with Crippen molar-refractivity contribution < 1.29 is 0 Å². The zero-order valence-electron chi connectivity index (χ0n) is 13.8. The average molecular weight is 269 g/mol. The molecule has 3 N–H and O–H groups in total. The molecule has 0 aromatic carbocycles. The Morgan fingerprint density at radius 2 is 1.63 bits per heavy atom. The summed E-state index contributed by atoms with van der Waals surface area (Å²) in [5, 5.41) is 0. The maximum atomic E-state index is 5.93. The summed E-state index contributed by atoms with van der Waals surface area (Å²) in [7, 11) is 4.46. The molecule has 0 bridgehead atoms. The van der Waals surface area contributed by atoms with Crippen molar-refractivity contribution in [3.05, 3.63) is 0 Å². The Balaban J connectivity index is 2.81. The summed E-state index contributed by atoms with van der Waals surface area (Å²) in [6.07, 6.45) is 10.4. The number of nitrogens with zero attached hydrogens (tertiary/aromatic N) is 1. The minimum atomic E-state index is 0.247. The summed E-state index contributed by atoms with van der Waals surface area (Å²) in [6.45, 7) is 6.95. The van der Waals surface area contributed by atoms with Crippen molar-refractivity contribution >= 4 is 0 Å². The molecule has 0 heterocycles. The van der Waals surface area contributed by atoms with Gasteiger partial charge < -0.3 is 4.90 Å². The lowest BCUT2D eigenvalue weighted by molar-refractivity contribution is 0.0707. The van der Waals surface area contributed by atoms with Gasteiger partial charge in [-0.3, -0.25) is 11.3 Å². The molecular formula is C16H35N3. The van der Waals surface area contributed by atoms with Crippen molar-refractivity contribution in [1.82, 2.24) is 10.3 Å². The van der Waals surface area contributed by atoms with Crippen molar-refractivity contribution in [1.29, 1.82) is 0 Å². The summed E-state index contributed by atoms with van der Waals surface area (Å²) in [4.78, 5) is 2.44. The summed E-state index contributed by atoms with van der Waals surface area (Å²) in [5.41, 5.74) is 3.78. The Kier molecular flexibility index (Phi) is 6.28. The first-order chi connectivity index (χ1) is 8.82. The molecule has 1 saturated carbocycles. The van der Waals surface area contributed by atoms with Gasteiger partial charge >= 0.3 is 0 Å². The van der Waals surface area contributed by atoms with Crippen molar-refractivity contribution in [2.75, 3.05) is 14.1 Å². The predicted molar refractivity (Wildman–Crippen MR) is 83.9 cm³/mol. The second kappa shape index (κ2) is 7.05. The second-order valence-electron chi connectivity index (χ2n) is 7.73. The third-order valence-corrected chi connectivity index (χ3v) is 4.89. The molecule has 0 amide bonds. The van der Waals surface area contributed by atoms with Crippen LogP contribution in [-0.2, 0) is 0 Å². The number of likely N-dealkylation sites (N-methyl/N-ethyl adjacent to an activating group) is 1. The van der Waals surface area contributed by atoms with Crippen LogP contribution in [0.25, 0.3) is 0 Å². The summed E-state index contributed by atoms with van der Waals surface area (Å²) in [5.74, 6) is 5.93. The van der Waals surface area contributed by atoms with Gasteiger partial charge in [0.25, 0.3) is 0 Å². The molecule has 0 aliphatic heterocycles. The van der Waals surface area contributed by atoms with Crippen LogP contribution in [0.3, 0.4) is 0 Å². The third kappa shape index (κ3) is 4.73. The molecular weight excluding hydrogens is 234 g/mol. The molecule has 1 aliphatic rings. The van der Waals surface area contributed by atoms with Crippen LogP contribution >= 0.6 is 0 Å². The molecule has 1 rings (SSSR count). The summed E-state index contributed by atoms with van der Waals surface area (Å²) in [6, 6.07) is 0.403. The second-order valence-corrected chi connectivity index (χ2v) is 7.73. The molecule has 0 saturated heterocycles. The van der Waals surface area contributed by atoms with E-state index in [1.807, 2.05) is 0 Å². The third-order valence-electron chi connectivity index (χ3n) is 4.89. The number of hydrazine groups is 1. The first-order valence-corrected chi connectivity index (χ1v) is 7.95. The Morgan fingerprint density at radius 1 is 1.11 bits per heavy atom. The average Bonchev–Trinajstić information content (AvgIpc) is 2.55. The highest BCUT2D eigenvalue weighted by molar-refractivity contribution is 4.99. The molecule has 0 aromatic rings. The zero-order valence-corrected chi connectivity index (χ0v) is 13.8. The van der Waals surface area contributed by atoms with E-state index in [9.17, 15) is 0 Å². The maximum Gasteiger partial charge on any atom is 0.0394 e. The van der Waals surface area contributed by atoms with Gasteiger partial charge in [0.1, 0.15) is 0 Å². The molecule has 0 spiro atoms. The van der Waals surface area contributed by atoms with Gasteiger partial charge in [-0.05, 0) is 45.2 Å². The van der Waals surface area contributed by atoms with Crippen LogP contribution < -0.4 is 11.3 Å². The molecule has 1 unspecified atom stereocenters. The monoisotopic (exact) mass is 269 g/mol. The Hall–Kier alpha value is -0.120. The minimum absolute atomic E-state index is 0.247. The quantitative estimate of drug-likeness (QED) is 0.457. The van der Waals surface area contributed by atoms with Crippen LogP contribution in [0.1, 0.15) is 72.1 Å². The van der Waals surface area contributed by atoms with E-state index in [4.69, 9.17) is 5.84 Å². The fourth-order valence-corrected chi connectivity index (χ4v) is 3.53. The molecule has 3 heteroatoms. The smallest absolute Gasteiger partial charge is 0.0394 e. The molecule has 0 radical (unpaired) electrons. The number of nitrogens with one attached hydrogen (secondary N) is 1. The largest absolute Gasteiger partial charge is 0.302 e. The SMILES string of the molecule is CN(C)C1(C(CCC(C)(C)C)NN)CCCCCC1. The van der Waals surface area contributed by atoms with Crippen molar-refractivity contribution in [2.45, 2.75) is 83.7 Å². The molecule has 1 fully saturated rings. The Bertz CT molecular complexity index is 247. The fraction of sp³-hybridized carbons (Fsp3) is 1.00. The van der Waals surface area contributed by atoms with Gasteiger partial charge in [-0.2, -0.15) is 0 Å². The van der Waals surface area contributed by atoms with Gasteiger partial charge in [-0.1, -0.05) is 46.5 Å². The van der Waals surface area contributed by atoms with Crippen LogP contribution in [0.4, 0.5) is 0 Å². The number of rotatable bonds is 5. The Labute approximate surface area is 120 Å². The topological polar surface area (TPSA) is 41.3 Å². The van der Waals surface area contributed by atoms with E-state index in [0.717, 1.165) is 6.42 Å². The number of hydrogen-bond acceptors (Lipinski definition) is 3. The number of hydrogen-bond donors (Lipinski definition) is 2. The lowest BCUT2D eigenvalue weighted by Gasteiger charge is -2.46. The lowest BCUT2D eigenvalue weighted by Crippen LogP contribution is -2.60. The van der Waals surface area contributed by atoms with E-state index >= 15 is 0 Å². The van der Waals surface area contributed by atoms with Gasteiger partial charge in [0.15, 0.2) is 0 Å². The first-order valence-electron chi connectivity index (χ1n) is 7.95. The standard InChI is InChI=1S/C16H35N3/c1-15(2,3)13-10-14(18-17)16(19(4)5)11-8-6-7-9-12-16/h14,18H,6-13,17H2,1-5H3. The highest BCUT2D eigenvalue weighted by atomic mass is 15.3. The van der Waals surface area contributed by atoms with E-state index in [1.165, 1.54) is 44.9 Å². The molecule has 0 aromatic heterocycles. The van der Waals surface area contributed by atoms with Crippen molar-refractivity contribution in [2.24, 2.45) is 11.3 Å². The van der Waals surface area contributed by atoms with E-state index < -0.39 is 0 Å². The van der Waals surface area contributed by atoms with E-state index in [1.54, 1.807) is 0 Å². The van der Waals surface area contributed by atoms with Crippen molar-refractivity contribution in [3.63, 3.8) is 0 Å². The van der Waals surface area contributed by atoms with Crippen molar-refractivity contribution in [3.8, 4) is 0 Å². The van der Waals surface area contributed by atoms with Crippen LogP contribution in [-0.4, -0.2) is 30.6 Å². The van der Waals surface area contributed by atoms with Gasteiger partial charge in [0.05, 0.1) is 0 Å². The highest BCUT2D eigenvalue weighted by Crippen LogP contribution is 2.36. The Morgan fingerprint density at radius 3 is 2.00 bits per heavy atom. The first kappa shape index (κ1) is 16.9. The summed E-state index contributed by atoms with van der Waals surface area (Å²) < 4.78 is 0. The van der Waals surface area contributed by atoms with E-state index in [2.05, 4.69) is 45.2 Å².